The van der Waals surface area contributed by atoms with Gasteiger partial charge < -0.3 is 4.74 Å². The predicted octanol–water partition coefficient (Wildman–Crippen LogP) is 3.44. The van der Waals surface area contributed by atoms with Crippen LogP contribution in [0.4, 0.5) is 0 Å². The van der Waals surface area contributed by atoms with Crippen molar-refractivity contribution in [2.45, 2.75) is 0 Å². The van der Waals surface area contributed by atoms with Crippen LogP contribution in [0.5, 0.6) is 5.75 Å². The molecule has 2 aromatic carbocycles. The van der Waals surface area contributed by atoms with Crippen LogP contribution in [0, 0.1) is 0 Å². The molecule has 0 radical (unpaired) electrons. The normalized spacial score (nSPS) is 13.3. The Bertz CT molecular complexity index is 863. The minimum atomic E-state index is -0.688. The van der Waals surface area contributed by atoms with Gasteiger partial charge in [-0.05, 0) is 36.4 Å². The van der Waals surface area contributed by atoms with Crippen molar-refractivity contribution in [2.75, 3.05) is 7.05 Å². The molecule has 3 rings (SSSR count). The van der Waals surface area contributed by atoms with Crippen molar-refractivity contribution in [1.82, 2.24) is 4.90 Å². The lowest BCUT2D eigenvalue weighted by atomic mass is 10.1. The Morgan fingerprint density at radius 1 is 1.00 bits per heavy atom. The number of esters is 1. The van der Waals surface area contributed by atoms with Crippen molar-refractivity contribution >= 4 is 41.0 Å². The molecule has 1 heterocycles. The van der Waals surface area contributed by atoms with Crippen LogP contribution >= 0.6 is 23.2 Å². The molecule has 0 N–H and O–H groups in total. The summed E-state index contributed by atoms with van der Waals surface area (Å²) in [6, 6.07) is 8.65. The lowest BCUT2D eigenvalue weighted by molar-refractivity contribution is 0.0691. The minimum Gasteiger partial charge on any atom is -0.421 e. The topological polar surface area (TPSA) is 63.7 Å². The van der Waals surface area contributed by atoms with Gasteiger partial charge in [0, 0.05) is 12.1 Å². The Hall–Kier alpha value is -2.37. The standard InChI is InChI=1S/C16H9Cl2NO4/c1-19-14(20)10-4-2-8(6-11(10)15(19)21)16(22)23-13-5-3-9(17)7-12(13)18/h2-7H,1H3. The highest BCUT2D eigenvalue weighted by Gasteiger charge is 2.33. The highest BCUT2D eigenvalue weighted by molar-refractivity contribution is 6.35. The van der Waals surface area contributed by atoms with E-state index in [1.807, 2.05) is 0 Å². The molecule has 0 saturated carbocycles. The number of rotatable bonds is 2. The van der Waals surface area contributed by atoms with E-state index < -0.39 is 17.8 Å². The Labute approximate surface area is 141 Å². The van der Waals surface area contributed by atoms with Crippen LogP contribution in [0.2, 0.25) is 10.0 Å². The molecule has 2 aromatic rings. The van der Waals surface area contributed by atoms with Gasteiger partial charge in [0.1, 0.15) is 5.75 Å². The number of benzene rings is 2. The molecule has 0 saturated heterocycles. The van der Waals surface area contributed by atoms with E-state index >= 15 is 0 Å². The van der Waals surface area contributed by atoms with Gasteiger partial charge in [-0.2, -0.15) is 0 Å². The van der Waals surface area contributed by atoms with Crippen molar-refractivity contribution < 1.29 is 19.1 Å². The first-order valence-corrected chi connectivity index (χ1v) is 7.28. The second kappa shape index (κ2) is 5.68. The molecular formula is C16H9Cl2NO4. The Morgan fingerprint density at radius 3 is 2.39 bits per heavy atom. The molecule has 0 spiro atoms. The number of halogens is 2. The second-order valence-corrected chi connectivity index (χ2v) is 5.74. The van der Waals surface area contributed by atoms with Gasteiger partial charge in [-0.15, -0.1) is 0 Å². The maximum Gasteiger partial charge on any atom is 0.343 e. The third kappa shape index (κ3) is 2.69. The van der Waals surface area contributed by atoms with E-state index in [2.05, 4.69) is 0 Å². The van der Waals surface area contributed by atoms with Crippen LogP contribution in [0.1, 0.15) is 31.1 Å². The number of hydrogen-bond acceptors (Lipinski definition) is 4. The first kappa shape index (κ1) is 15.5. The van der Waals surface area contributed by atoms with E-state index in [9.17, 15) is 14.4 Å². The molecule has 116 valence electrons. The van der Waals surface area contributed by atoms with Gasteiger partial charge in [0.25, 0.3) is 11.8 Å². The first-order chi connectivity index (χ1) is 10.9. The number of ether oxygens (including phenoxy) is 1. The molecule has 0 aromatic heterocycles. The average molecular weight is 350 g/mol. The number of fused-ring (bicyclic) bond motifs is 1. The van der Waals surface area contributed by atoms with Gasteiger partial charge >= 0.3 is 5.97 Å². The van der Waals surface area contributed by atoms with Gasteiger partial charge in [0.05, 0.1) is 21.7 Å². The highest BCUT2D eigenvalue weighted by Crippen LogP contribution is 2.29. The van der Waals surface area contributed by atoms with Crippen LogP contribution in [0.15, 0.2) is 36.4 Å². The summed E-state index contributed by atoms with van der Waals surface area (Å²) in [6.07, 6.45) is 0. The van der Waals surface area contributed by atoms with Crippen LogP contribution in [0.25, 0.3) is 0 Å². The van der Waals surface area contributed by atoms with E-state index in [0.717, 1.165) is 4.90 Å². The third-order valence-corrected chi connectivity index (χ3v) is 3.95. The van der Waals surface area contributed by atoms with E-state index in [0.29, 0.717) is 5.02 Å². The molecule has 23 heavy (non-hydrogen) atoms. The molecule has 1 aliphatic rings. The first-order valence-electron chi connectivity index (χ1n) is 6.52. The van der Waals surface area contributed by atoms with Crippen molar-refractivity contribution in [2.24, 2.45) is 0 Å². The summed E-state index contributed by atoms with van der Waals surface area (Å²) >= 11 is 11.7. The summed E-state index contributed by atoms with van der Waals surface area (Å²) in [7, 11) is 1.39. The lowest BCUT2D eigenvalue weighted by Crippen LogP contribution is -2.24. The van der Waals surface area contributed by atoms with Gasteiger partial charge in [-0.3, -0.25) is 14.5 Å². The summed E-state index contributed by atoms with van der Waals surface area (Å²) in [5, 5.41) is 0.609. The Morgan fingerprint density at radius 2 is 1.70 bits per heavy atom. The Kier molecular flexibility index (Phi) is 3.83. The van der Waals surface area contributed by atoms with Crippen molar-refractivity contribution in [3.63, 3.8) is 0 Å². The highest BCUT2D eigenvalue weighted by atomic mass is 35.5. The zero-order chi connectivity index (χ0) is 16.7. The molecule has 0 unspecified atom stereocenters. The number of hydrogen-bond donors (Lipinski definition) is 0. The molecule has 5 nitrogen and oxygen atoms in total. The van der Waals surface area contributed by atoms with Crippen LogP contribution in [0.3, 0.4) is 0 Å². The second-order valence-electron chi connectivity index (χ2n) is 4.89. The van der Waals surface area contributed by atoms with E-state index in [4.69, 9.17) is 27.9 Å². The summed E-state index contributed by atoms with van der Waals surface area (Å²) in [6.45, 7) is 0. The SMILES string of the molecule is CN1C(=O)c2ccc(C(=O)Oc3ccc(Cl)cc3Cl)cc2C1=O. The number of imide groups is 1. The predicted molar refractivity (Wildman–Crippen MR) is 84.3 cm³/mol. The summed E-state index contributed by atoms with van der Waals surface area (Å²) in [5.74, 6) is -1.39. The molecule has 1 aliphatic heterocycles. The van der Waals surface area contributed by atoms with Crippen molar-refractivity contribution in [1.29, 1.82) is 0 Å². The molecule has 0 aliphatic carbocycles. The van der Waals surface area contributed by atoms with E-state index in [1.54, 1.807) is 0 Å². The zero-order valence-electron chi connectivity index (χ0n) is 11.8. The molecule has 7 heteroatoms. The molecular weight excluding hydrogens is 341 g/mol. The van der Waals surface area contributed by atoms with Crippen molar-refractivity contribution in [3.05, 3.63) is 63.1 Å². The number of carbonyl (C=O) groups excluding carboxylic acids is 3. The van der Waals surface area contributed by atoms with E-state index in [1.165, 1.54) is 43.4 Å². The fourth-order valence-electron chi connectivity index (χ4n) is 2.21. The summed E-state index contributed by atoms with van der Waals surface area (Å²) < 4.78 is 5.20. The lowest BCUT2D eigenvalue weighted by Gasteiger charge is -2.07. The van der Waals surface area contributed by atoms with Crippen LogP contribution in [-0.2, 0) is 0 Å². The number of nitrogens with zero attached hydrogens (tertiary/aromatic N) is 1. The maximum atomic E-state index is 12.2. The summed E-state index contributed by atoms with van der Waals surface area (Å²) in [4.78, 5) is 37.0. The van der Waals surface area contributed by atoms with Gasteiger partial charge in [-0.1, -0.05) is 23.2 Å². The monoisotopic (exact) mass is 349 g/mol. The minimum absolute atomic E-state index is 0.145. The molecule has 2 amide bonds. The van der Waals surface area contributed by atoms with E-state index in [-0.39, 0.29) is 27.5 Å². The van der Waals surface area contributed by atoms with Gasteiger partial charge in [0.15, 0.2) is 0 Å². The molecule has 0 fully saturated rings. The zero-order valence-corrected chi connectivity index (χ0v) is 13.3. The average Bonchev–Trinajstić information content (AvgIpc) is 2.74. The quantitative estimate of drug-likeness (QED) is 0.473. The van der Waals surface area contributed by atoms with Gasteiger partial charge in [-0.25, -0.2) is 4.79 Å². The molecule has 0 bridgehead atoms. The van der Waals surface area contributed by atoms with Gasteiger partial charge in [0.2, 0.25) is 0 Å². The summed E-state index contributed by atoms with van der Waals surface area (Å²) in [5.41, 5.74) is 0.582. The number of carbonyl (C=O) groups is 3. The maximum absolute atomic E-state index is 12.2. The smallest absolute Gasteiger partial charge is 0.343 e. The largest absolute Gasteiger partial charge is 0.421 e. The van der Waals surface area contributed by atoms with Crippen LogP contribution in [-0.4, -0.2) is 29.7 Å². The van der Waals surface area contributed by atoms with Crippen LogP contribution < -0.4 is 4.74 Å². The third-order valence-electron chi connectivity index (χ3n) is 3.42. The molecule has 0 atom stereocenters. The fourth-order valence-corrected chi connectivity index (χ4v) is 2.65. The number of amides is 2. The fraction of sp³-hybridized carbons (Fsp3) is 0.0625. The Balaban J connectivity index is 1.90. The van der Waals surface area contributed by atoms with Crippen molar-refractivity contribution in [3.8, 4) is 5.75 Å².